The summed E-state index contributed by atoms with van der Waals surface area (Å²) >= 11 is 0. The summed E-state index contributed by atoms with van der Waals surface area (Å²) in [7, 11) is 0. The molecule has 2 N–H and O–H groups in total. The molecule has 2 unspecified atom stereocenters. The van der Waals surface area contributed by atoms with Crippen molar-refractivity contribution >= 4 is 5.91 Å². The molecular formula is C12H24N2O2. The maximum atomic E-state index is 11.7. The van der Waals surface area contributed by atoms with Crippen LogP contribution in [0.1, 0.15) is 39.5 Å². The fourth-order valence-electron chi connectivity index (χ4n) is 1.99. The fourth-order valence-corrected chi connectivity index (χ4v) is 1.99. The van der Waals surface area contributed by atoms with Crippen molar-refractivity contribution in [3.63, 3.8) is 0 Å². The highest BCUT2D eigenvalue weighted by molar-refractivity contribution is 5.76. The summed E-state index contributed by atoms with van der Waals surface area (Å²) < 4.78 is 5.32. The van der Waals surface area contributed by atoms with Crippen molar-refractivity contribution in [2.75, 3.05) is 19.8 Å². The monoisotopic (exact) mass is 228 g/mol. The first kappa shape index (κ1) is 13.5. The van der Waals surface area contributed by atoms with Crippen LogP contribution in [0.15, 0.2) is 0 Å². The van der Waals surface area contributed by atoms with Crippen molar-refractivity contribution in [2.24, 2.45) is 0 Å². The van der Waals surface area contributed by atoms with Crippen LogP contribution in [0.2, 0.25) is 0 Å². The zero-order valence-electron chi connectivity index (χ0n) is 10.4. The molecule has 0 aromatic rings. The van der Waals surface area contributed by atoms with E-state index in [9.17, 15) is 4.79 Å². The van der Waals surface area contributed by atoms with Crippen molar-refractivity contribution in [2.45, 2.75) is 51.6 Å². The number of carbonyl (C=O) groups excluding carboxylic acids is 1. The standard InChI is InChI=1S/C12H24N2O2/c1-3-5-10(4-2)14-12(15)8-11-9-16-7-6-13-11/h10-11,13H,3-9H2,1-2H3,(H,14,15). The van der Waals surface area contributed by atoms with Crippen LogP contribution in [-0.2, 0) is 9.53 Å². The minimum atomic E-state index is 0.142. The van der Waals surface area contributed by atoms with E-state index in [1.807, 2.05) is 0 Å². The molecule has 1 aliphatic rings. The van der Waals surface area contributed by atoms with Gasteiger partial charge in [-0.15, -0.1) is 0 Å². The van der Waals surface area contributed by atoms with Crippen LogP contribution in [0.4, 0.5) is 0 Å². The molecule has 4 heteroatoms. The molecule has 0 aliphatic carbocycles. The van der Waals surface area contributed by atoms with Gasteiger partial charge < -0.3 is 15.4 Å². The van der Waals surface area contributed by atoms with E-state index in [0.29, 0.717) is 19.1 Å². The van der Waals surface area contributed by atoms with Crippen LogP contribution >= 0.6 is 0 Å². The van der Waals surface area contributed by atoms with Gasteiger partial charge in [0, 0.05) is 25.0 Å². The average molecular weight is 228 g/mol. The van der Waals surface area contributed by atoms with Crippen molar-refractivity contribution < 1.29 is 9.53 Å². The molecule has 16 heavy (non-hydrogen) atoms. The lowest BCUT2D eigenvalue weighted by Gasteiger charge is -2.24. The third kappa shape index (κ3) is 4.94. The van der Waals surface area contributed by atoms with E-state index in [2.05, 4.69) is 24.5 Å². The summed E-state index contributed by atoms with van der Waals surface area (Å²) in [5.74, 6) is 0.142. The Morgan fingerprint density at radius 1 is 1.56 bits per heavy atom. The Kier molecular flexibility index (Phi) is 6.42. The Morgan fingerprint density at radius 3 is 2.94 bits per heavy atom. The van der Waals surface area contributed by atoms with Crippen LogP contribution in [0, 0.1) is 0 Å². The summed E-state index contributed by atoms with van der Waals surface area (Å²) in [5, 5.41) is 6.37. The van der Waals surface area contributed by atoms with Crippen LogP contribution in [0.25, 0.3) is 0 Å². The van der Waals surface area contributed by atoms with Gasteiger partial charge in [0.2, 0.25) is 5.91 Å². The van der Waals surface area contributed by atoms with Gasteiger partial charge in [-0.2, -0.15) is 0 Å². The van der Waals surface area contributed by atoms with Crippen LogP contribution < -0.4 is 10.6 Å². The predicted octanol–water partition coefficient (Wildman–Crippen LogP) is 1.06. The number of hydrogen-bond donors (Lipinski definition) is 2. The lowest BCUT2D eigenvalue weighted by atomic mass is 10.1. The van der Waals surface area contributed by atoms with E-state index in [1.165, 1.54) is 0 Å². The quantitative estimate of drug-likeness (QED) is 0.714. The number of morpholine rings is 1. The van der Waals surface area contributed by atoms with Gasteiger partial charge in [-0.3, -0.25) is 4.79 Å². The topological polar surface area (TPSA) is 50.4 Å². The minimum absolute atomic E-state index is 0.142. The molecule has 0 radical (unpaired) electrons. The SMILES string of the molecule is CCCC(CC)NC(=O)CC1COCCN1. The molecule has 94 valence electrons. The van der Waals surface area contributed by atoms with E-state index in [-0.39, 0.29) is 11.9 Å². The van der Waals surface area contributed by atoms with Crippen molar-refractivity contribution in [1.82, 2.24) is 10.6 Å². The molecular weight excluding hydrogens is 204 g/mol. The molecule has 0 bridgehead atoms. The van der Waals surface area contributed by atoms with E-state index in [1.54, 1.807) is 0 Å². The average Bonchev–Trinajstić information content (AvgIpc) is 2.29. The number of amides is 1. The number of rotatable bonds is 6. The normalized spacial score (nSPS) is 22.8. The van der Waals surface area contributed by atoms with Gasteiger partial charge in [-0.25, -0.2) is 0 Å². The molecule has 1 heterocycles. The first-order valence-corrected chi connectivity index (χ1v) is 6.36. The van der Waals surface area contributed by atoms with Gasteiger partial charge >= 0.3 is 0 Å². The van der Waals surface area contributed by atoms with Gasteiger partial charge in [0.1, 0.15) is 0 Å². The molecule has 0 saturated carbocycles. The summed E-state index contributed by atoms with van der Waals surface area (Å²) in [6.45, 7) is 6.52. The van der Waals surface area contributed by atoms with Crippen molar-refractivity contribution in [1.29, 1.82) is 0 Å². The van der Waals surface area contributed by atoms with Crippen LogP contribution in [0.3, 0.4) is 0 Å². The molecule has 1 rings (SSSR count). The molecule has 1 saturated heterocycles. The van der Waals surface area contributed by atoms with Crippen LogP contribution in [-0.4, -0.2) is 37.7 Å². The number of carbonyl (C=O) groups is 1. The van der Waals surface area contributed by atoms with Gasteiger partial charge in [0.15, 0.2) is 0 Å². The second-order valence-electron chi connectivity index (χ2n) is 4.39. The maximum absolute atomic E-state index is 11.7. The number of nitrogens with one attached hydrogen (secondary N) is 2. The zero-order valence-corrected chi connectivity index (χ0v) is 10.4. The Labute approximate surface area is 98.1 Å². The summed E-state index contributed by atoms with van der Waals surface area (Å²) in [5.41, 5.74) is 0. The van der Waals surface area contributed by atoms with Gasteiger partial charge in [0.05, 0.1) is 13.2 Å². The molecule has 0 spiro atoms. The predicted molar refractivity (Wildman–Crippen MR) is 64.4 cm³/mol. The lowest BCUT2D eigenvalue weighted by Crippen LogP contribution is -2.45. The fraction of sp³-hybridized carbons (Fsp3) is 0.917. The van der Waals surface area contributed by atoms with Gasteiger partial charge in [-0.05, 0) is 12.8 Å². The van der Waals surface area contributed by atoms with Gasteiger partial charge in [0.25, 0.3) is 0 Å². The summed E-state index contributed by atoms with van der Waals surface area (Å²) in [6, 6.07) is 0.523. The van der Waals surface area contributed by atoms with E-state index in [0.717, 1.165) is 32.4 Å². The smallest absolute Gasteiger partial charge is 0.221 e. The lowest BCUT2D eigenvalue weighted by molar-refractivity contribution is -0.123. The molecule has 2 atom stereocenters. The Balaban J connectivity index is 2.22. The van der Waals surface area contributed by atoms with Crippen molar-refractivity contribution in [3.8, 4) is 0 Å². The first-order valence-electron chi connectivity index (χ1n) is 6.36. The molecule has 0 aromatic carbocycles. The third-order valence-corrected chi connectivity index (χ3v) is 2.93. The van der Waals surface area contributed by atoms with Crippen molar-refractivity contribution in [3.05, 3.63) is 0 Å². The second kappa shape index (κ2) is 7.63. The van der Waals surface area contributed by atoms with E-state index in [4.69, 9.17) is 4.74 Å². The molecule has 1 fully saturated rings. The second-order valence-corrected chi connectivity index (χ2v) is 4.39. The molecule has 1 aliphatic heterocycles. The van der Waals surface area contributed by atoms with E-state index < -0.39 is 0 Å². The minimum Gasteiger partial charge on any atom is -0.378 e. The largest absolute Gasteiger partial charge is 0.378 e. The highest BCUT2D eigenvalue weighted by atomic mass is 16.5. The van der Waals surface area contributed by atoms with Gasteiger partial charge in [-0.1, -0.05) is 20.3 Å². The highest BCUT2D eigenvalue weighted by Gasteiger charge is 2.18. The Morgan fingerprint density at radius 2 is 2.38 bits per heavy atom. The first-order chi connectivity index (χ1) is 7.76. The molecule has 4 nitrogen and oxygen atoms in total. The number of ether oxygens (including phenoxy) is 1. The highest BCUT2D eigenvalue weighted by Crippen LogP contribution is 2.03. The summed E-state index contributed by atoms with van der Waals surface area (Å²) in [4.78, 5) is 11.7. The molecule has 1 amide bonds. The van der Waals surface area contributed by atoms with Crippen LogP contribution in [0.5, 0.6) is 0 Å². The zero-order chi connectivity index (χ0) is 11.8. The summed E-state index contributed by atoms with van der Waals surface area (Å²) in [6.07, 6.45) is 3.72. The number of hydrogen-bond acceptors (Lipinski definition) is 3. The molecule has 0 aromatic heterocycles. The Bertz CT molecular complexity index is 194. The Hall–Kier alpha value is -0.610. The maximum Gasteiger partial charge on any atom is 0.221 e. The van der Waals surface area contributed by atoms with E-state index >= 15 is 0 Å². The third-order valence-electron chi connectivity index (χ3n) is 2.93.